The van der Waals surface area contributed by atoms with E-state index in [4.69, 9.17) is 4.52 Å². The van der Waals surface area contributed by atoms with Gasteiger partial charge in [-0.15, -0.1) is 0 Å². The molecule has 0 radical (unpaired) electrons. The second-order valence-electron chi connectivity index (χ2n) is 6.00. The van der Waals surface area contributed by atoms with Gasteiger partial charge in [0.25, 0.3) is 0 Å². The molecule has 1 aliphatic heterocycles. The van der Waals surface area contributed by atoms with Gasteiger partial charge in [-0.1, -0.05) is 33.2 Å². The third-order valence-corrected chi connectivity index (χ3v) is 4.86. The van der Waals surface area contributed by atoms with E-state index in [1.54, 1.807) is 0 Å². The highest BCUT2D eigenvalue weighted by Crippen LogP contribution is 2.38. The summed E-state index contributed by atoms with van der Waals surface area (Å²) in [6, 6.07) is 9.05. The largest absolute Gasteiger partial charge is 0.338 e. The molecule has 2 heterocycles. The lowest BCUT2D eigenvalue weighted by Crippen LogP contribution is -2.23. The number of rotatable bonds is 4. The van der Waals surface area contributed by atoms with Crippen LogP contribution in [0.4, 0.5) is 0 Å². The Labute approximate surface area is 132 Å². The van der Waals surface area contributed by atoms with Gasteiger partial charge in [-0.2, -0.15) is 4.98 Å². The number of benzene rings is 1. The number of aromatic nitrogens is 2. The molecule has 1 aromatic carbocycles. The molecule has 21 heavy (non-hydrogen) atoms. The highest BCUT2D eigenvalue weighted by atomic mass is 79.9. The van der Waals surface area contributed by atoms with Crippen LogP contribution in [0.25, 0.3) is 0 Å². The molecule has 0 amide bonds. The first-order valence-electron chi connectivity index (χ1n) is 7.61. The van der Waals surface area contributed by atoms with Gasteiger partial charge in [0.15, 0.2) is 5.82 Å². The Bertz CT molecular complexity index is 638. The summed E-state index contributed by atoms with van der Waals surface area (Å²) in [7, 11) is 0. The van der Waals surface area contributed by atoms with Crippen molar-refractivity contribution in [3.63, 3.8) is 0 Å². The van der Waals surface area contributed by atoms with Crippen molar-refractivity contribution in [1.29, 1.82) is 0 Å². The second-order valence-corrected chi connectivity index (χ2v) is 6.92. The molecule has 5 heteroatoms. The van der Waals surface area contributed by atoms with E-state index >= 15 is 0 Å². The quantitative estimate of drug-likeness (QED) is 0.836. The number of likely N-dealkylation sites (tertiary alicyclic amines) is 1. The fourth-order valence-electron chi connectivity index (χ4n) is 3.12. The molecule has 1 atom stereocenters. The van der Waals surface area contributed by atoms with Crippen LogP contribution in [-0.4, -0.2) is 21.6 Å². The van der Waals surface area contributed by atoms with Crippen LogP contribution in [0.2, 0.25) is 0 Å². The van der Waals surface area contributed by atoms with Crippen LogP contribution in [0, 0.1) is 0 Å². The number of hydrogen-bond acceptors (Lipinski definition) is 4. The van der Waals surface area contributed by atoms with Crippen molar-refractivity contribution in [2.45, 2.75) is 44.2 Å². The van der Waals surface area contributed by atoms with Gasteiger partial charge in [0.05, 0.1) is 6.54 Å². The molecule has 4 nitrogen and oxygen atoms in total. The van der Waals surface area contributed by atoms with E-state index in [2.05, 4.69) is 55.2 Å². The average molecular weight is 348 g/mol. The minimum atomic E-state index is 0.457. The van der Waals surface area contributed by atoms with E-state index in [1.165, 1.54) is 31.2 Å². The maximum Gasteiger partial charge on any atom is 0.240 e. The second kappa shape index (κ2) is 5.54. The first-order chi connectivity index (χ1) is 10.3. The van der Waals surface area contributed by atoms with Crippen LogP contribution in [0.3, 0.4) is 0 Å². The van der Waals surface area contributed by atoms with E-state index < -0.39 is 0 Å². The van der Waals surface area contributed by atoms with Gasteiger partial charge < -0.3 is 4.52 Å². The van der Waals surface area contributed by atoms with Gasteiger partial charge in [-0.25, -0.2) is 0 Å². The maximum atomic E-state index is 5.42. The van der Waals surface area contributed by atoms with Gasteiger partial charge in [0, 0.05) is 16.4 Å². The molecule has 1 aliphatic carbocycles. The summed E-state index contributed by atoms with van der Waals surface area (Å²) < 4.78 is 6.56. The molecule has 110 valence electrons. The monoisotopic (exact) mass is 347 g/mol. The molecule has 1 saturated carbocycles. The van der Waals surface area contributed by atoms with Crippen LogP contribution < -0.4 is 0 Å². The summed E-state index contributed by atoms with van der Waals surface area (Å²) >= 11 is 3.56. The predicted octanol–water partition coefficient (Wildman–Crippen LogP) is 4.05. The standard InChI is InChI=1S/C16H18BrN3O/c17-13-4-1-3-12(9-13)14-5-2-8-20(14)10-15-18-16(19-21-15)11-6-7-11/h1,3-4,9,11,14H,2,5-8,10H2. The van der Waals surface area contributed by atoms with Crippen LogP contribution in [-0.2, 0) is 6.54 Å². The lowest BCUT2D eigenvalue weighted by Gasteiger charge is -2.23. The lowest BCUT2D eigenvalue weighted by molar-refractivity contribution is 0.212. The fourth-order valence-corrected chi connectivity index (χ4v) is 3.54. The summed E-state index contributed by atoms with van der Waals surface area (Å²) in [5.41, 5.74) is 1.36. The van der Waals surface area contributed by atoms with Gasteiger partial charge in [0.1, 0.15) is 0 Å². The highest BCUT2D eigenvalue weighted by Gasteiger charge is 2.31. The van der Waals surface area contributed by atoms with Crippen LogP contribution in [0.1, 0.15) is 54.9 Å². The molecule has 2 fully saturated rings. The maximum absolute atomic E-state index is 5.42. The summed E-state index contributed by atoms with van der Waals surface area (Å²) in [5.74, 6) is 2.23. The Hall–Kier alpha value is -1.20. The van der Waals surface area contributed by atoms with Crippen molar-refractivity contribution in [3.8, 4) is 0 Å². The molecule has 0 spiro atoms. The van der Waals surface area contributed by atoms with Crippen LogP contribution >= 0.6 is 15.9 Å². The van der Waals surface area contributed by atoms with Crippen molar-refractivity contribution < 1.29 is 4.52 Å². The number of hydrogen-bond donors (Lipinski definition) is 0. The Morgan fingerprint density at radius 3 is 3.00 bits per heavy atom. The third kappa shape index (κ3) is 2.90. The first kappa shape index (κ1) is 13.5. The number of nitrogens with zero attached hydrogens (tertiary/aromatic N) is 3. The zero-order valence-corrected chi connectivity index (χ0v) is 13.4. The Morgan fingerprint density at radius 2 is 2.19 bits per heavy atom. The Kier molecular flexibility index (Phi) is 3.55. The van der Waals surface area contributed by atoms with E-state index in [9.17, 15) is 0 Å². The first-order valence-corrected chi connectivity index (χ1v) is 8.41. The molecular formula is C16H18BrN3O. The molecule has 0 bridgehead atoms. The fraction of sp³-hybridized carbons (Fsp3) is 0.500. The van der Waals surface area contributed by atoms with E-state index in [0.29, 0.717) is 12.0 Å². The van der Waals surface area contributed by atoms with Gasteiger partial charge in [-0.3, -0.25) is 4.90 Å². The molecule has 1 saturated heterocycles. The predicted molar refractivity (Wildman–Crippen MR) is 82.8 cm³/mol. The molecule has 1 unspecified atom stereocenters. The van der Waals surface area contributed by atoms with E-state index in [0.717, 1.165) is 29.3 Å². The van der Waals surface area contributed by atoms with Crippen molar-refractivity contribution in [2.75, 3.05) is 6.54 Å². The Morgan fingerprint density at radius 1 is 1.29 bits per heavy atom. The summed E-state index contributed by atoms with van der Waals surface area (Å²) in [6.45, 7) is 1.86. The summed E-state index contributed by atoms with van der Waals surface area (Å²) in [6.07, 6.45) is 4.84. The van der Waals surface area contributed by atoms with Crippen molar-refractivity contribution >= 4 is 15.9 Å². The van der Waals surface area contributed by atoms with E-state index in [1.807, 2.05) is 0 Å². The zero-order chi connectivity index (χ0) is 14.2. The molecule has 1 aromatic heterocycles. The molecule has 2 aromatic rings. The van der Waals surface area contributed by atoms with Gasteiger partial charge in [0.2, 0.25) is 5.89 Å². The summed E-state index contributed by atoms with van der Waals surface area (Å²) in [5, 5.41) is 4.11. The van der Waals surface area contributed by atoms with Crippen LogP contribution in [0.15, 0.2) is 33.3 Å². The molecule has 2 aliphatic rings. The van der Waals surface area contributed by atoms with Crippen molar-refractivity contribution in [3.05, 3.63) is 46.0 Å². The lowest BCUT2D eigenvalue weighted by atomic mass is 10.0. The molecular weight excluding hydrogens is 330 g/mol. The zero-order valence-electron chi connectivity index (χ0n) is 11.8. The minimum Gasteiger partial charge on any atom is -0.338 e. The van der Waals surface area contributed by atoms with E-state index in [-0.39, 0.29) is 0 Å². The topological polar surface area (TPSA) is 42.2 Å². The average Bonchev–Trinajstić information content (AvgIpc) is 3.05. The normalized spacial score (nSPS) is 22.8. The van der Waals surface area contributed by atoms with Gasteiger partial charge in [-0.05, 0) is 49.9 Å². The Balaban J connectivity index is 1.50. The highest BCUT2D eigenvalue weighted by molar-refractivity contribution is 9.10. The van der Waals surface area contributed by atoms with Crippen LogP contribution in [0.5, 0.6) is 0 Å². The van der Waals surface area contributed by atoms with Gasteiger partial charge >= 0.3 is 0 Å². The molecule has 0 N–H and O–H groups in total. The smallest absolute Gasteiger partial charge is 0.240 e. The van der Waals surface area contributed by atoms with Crippen molar-refractivity contribution in [2.24, 2.45) is 0 Å². The number of halogens is 1. The summed E-state index contributed by atoms with van der Waals surface area (Å²) in [4.78, 5) is 7.00. The minimum absolute atomic E-state index is 0.457. The van der Waals surface area contributed by atoms with Crippen molar-refractivity contribution in [1.82, 2.24) is 15.0 Å². The SMILES string of the molecule is Brc1cccc(C2CCCN2Cc2nc(C3CC3)no2)c1. The molecule has 4 rings (SSSR count). The third-order valence-electron chi connectivity index (χ3n) is 4.36.